The lowest BCUT2D eigenvalue weighted by molar-refractivity contribution is 0.143. The number of nitrogens with one attached hydrogen (secondary N) is 2. The van der Waals surface area contributed by atoms with Gasteiger partial charge in [0.1, 0.15) is 5.75 Å². The van der Waals surface area contributed by atoms with Crippen LogP contribution in [0.15, 0.2) is 24.3 Å². The Hall–Kier alpha value is -1.10. The molecule has 1 aromatic carbocycles. The second kappa shape index (κ2) is 15.4. The summed E-state index contributed by atoms with van der Waals surface area (Å²) in [7, 11) is 0. The van der Waals surface area contributed by atoms with E-state index in [0.29, 0.717) is 5.92 Å². The first kappa shape index (κ1) is 22.9. The minimum atomic E-state index is 0.236. The maximum absolute atomic E-state index is 5.76. The maximum Gasteiger partial charge on any atom is 0.119 e. The monoisotopic (exact) mass is 338 g/mol. The van der Waals surface area contributed by atoms with Gasteiger partial charge in [-0.2, -0.15) is 0 Å². The van der Waals surface area contributed by atoms with Crippen molar-refractivity contribution < 1.29 is 9.47 Å². The molecule has 140 valence electrons. The van der Waals surface area contributed by atoms with Gasteiger partial charge in [0.15, 0.2) is 0 Å². The topological polar surface area (TPSA) is 42.5 Å². The van der Waals surface area contributed by atoms with E-state index in [1.807, 2.05) is 19.1 Å². The Morgan fingerprint density at radius 2 is 1.79 bits per heavy atom. The van der Waals surface area contributed by atoms with Crippen molar-refractivity contribution >= 4 is 0 Å². The first-order valence-corrected chi connectivity index (χ1v) is 9.33. The number of hydrogen-bond donors (Lipinski definition) is 2. The van der Waals surface area contributed by atoms with Crippen molar-refractivity contribution in [3.63, 3.8) is 0 Å². The van der Waals surface area contributed by atoms with Gasteiger partial charge in [0.2, 0.25) is 0 Å². The minimum absolute atomic E-state index is 0.236. The molecule has 0 bridgehead atoms. The van der Waals surface area contributed by atoms with Crippen LogP contribution in [0, 0.1) is 5.92 Å². The van der Waals surface area contributed by atoms with Crippen molar-refractivity contribution in [2.75, 3.05) is 26.4 Å². The van der Waals surface area contributed by atoms with Crippen molar-refractivity contribution in [1.29, 1.82) is 0 Å². The molecule has 2 N–H and O–H groups in total. The van der Waals surface area contributed by atoms with Crippen LogP contribution in [0.3, 0.4) is 0 Å². The number of rotatable bonds is 11. The summed E-state index contributed by atoms with van der Waals surface area (Å²) < 4.78 is 11.1. The fourth-order valence-corrected chi connectivity index (χ4v) is 1.85. The van der Waals surface area contributed by atoms with E-state index in [9.17, 15) is 0 Å². The largest absolute Gasteiger partial charge is 0.493 e. The van der Waals surface area contributed by atoms with Crippen LogP contribution in [0.2, 0.25) is 0 Å². The molecule has 4 nitrogen and oxygen atoms in total. The Morgan fingerprint density at radius 3 is 2.42 bits per heavy atom. The molecule has 0 saturated carbocycles. The molecule has 0 fully saturated rings. The zero-order chi connectivity index (χ0) is 18.2. The lowest BCUT2D eigenvalue weighted by Gasteiger charge is -2.17. The number of hydrogen-bond acceptors (Lipinski definition) is 4. The van der Waals surface area contributed by atoms with Gasteiger partial charge in [0, 0.05) is 25.8 Å². The molecule has 1 rings (SSSR count). The van der Waals surface area contributed by atoms with Crippen LogP contribution in [-0.2, 0) is 4.74 Å². The molecule has 0 radical (unpaired) electrons. The molecule has 0 spiro atoms. The molecule has 1 aromatic rings. The van der Waals surface area contributed by atoms with Gasteiger partial charge in [-0.05, 0) is 43.9 Å². The zero-order valence-corrected chi connectivity index (χ0v) is 16.5. The molecular formula is C20H38N2O2. The fraction of sp³-hybridized carbons (Fsp3) is 0.700. The summed E-state index contributed by atoms with van der Waals surface area (Å²) in [5, 5.41) is 0. The molecule has 0 heterocycles. The maximum atomic E-state index is 5.76. The highest BCUT2D eigenvalue weighted by Gasteiger charge is 2.06. The van der Waals surface area contributed by atoms with E-state index in [4.69, 9.17) is 9.47 Å². The van der Waals surface area contributed by atoms with E-state index in [1.54, 1.807) is 0 Å². The summed E-state index contributed by atoms with van der Waals surface area (Å²) in [6.07, 6.45) is 2.26. The Morgan fingerprint density at radius 1 is 1.08 bits per heavy atom. The lowest BCUT2D eigenvalue weighted by atomic mass is 10.1. The van der Waals surface area contributed by atoms with Crippen LogP contribution in [0.4, 0.5) is 0 Å². The average molecular weight is 339 g/mol. The lowest BCUT2D eigenvalue weighted by Crippen LogP contribution is -2.35. The van der Waals surface area contributed by atoms with Crippen molar-refractivity contribution in [1.82, 2.24) is 10.9 Å². The smallest absolute Gasteiger partial charge is 0.119 e. The molecule has 1 atom stereocenters. The van der Waals surface area contributed by atoms with Crippen molar-refractivity contribution in [3.8, 4) is 5.75 Å². The van der Waals surface area contributed by atoms with E-state index in [1.165, 1.54) is 12.0 Å². The number of hydrazine groups is 1. The summed E-state index contributed by atoms with van der Waals surface area (Å²) in [4.78, 5) is 0. The van der Waals surface area contributed by atoms with E-state index in [2.05, 4.69) is 57.6 Å². The van der Waals surface area contributed by atoms with Gasteiger partial charge in [0.05, 0.1) is 6.61 Å². The SMILES string of the molecule is CCC.CCOCCCNNC(C)c1cccc(OCC(C)C)c1. The van der Waals surface area contributed by atoms with Crippen LogP contribution < -0.4 is 15.6 Å². The Bertz CT molecular complexity index is 397. The van der Waals surface area contributed by atoms with Crippen LogP contribution in [-0.4, -0.2) is 26.4 Å². The Kier molecular flexibility index (Phi) is 14.7. The molecular weight excluding hydrogens is 300 g/mol. The van der Waals surface area contributed by atoms with Crippen LogP contribution in [0.1, 0.15) is 66.0 Å². The summed E-state index contributed by atoms with van der Waals surface area (Å²) >= 11 is 0. The molecule has 1 unspecified atom stereocenters. The third kappa shape index (κ3) is 12.3. The molecule has 4 heteroatoms. The second-order valence-electron chi connectivity index (χ2n) is 6.33. The molecule has 0 aliphatic carbocycles. The molecule has 0 saturated heterocycles. The van der Waals surface area contributed by atoms with E-state index >= 15 is 0 Å². The predicted molar refractivity (Wildman–Crippen MR) is 103 cm³/mol. The minimum Gasteiger partial charge on any atom is -0.493 e. The highest BCUT2D eigenvalue weighted by atomic mass is 16.5. The first-order chi connectivity index (χ1) is 11.5. The van der Waals surface area contributed by atoms with E-state index in [0.717, 1.165) is 38.5 Å². The summed E-state index contributed by atoms with van der Waals surface area (Å²) in [5.41, 5.74) is 7.76. The second-order valence-corrected chi connectivity index (χ2v) is 6.33. The van der Waals surface area contributed by atoms with Crippen LogP contribution in [0.5, 0.6) is 5.75 Å². The fourth-order valence-electron chi connectivity index (χ4n) is 1.85. The van der Waals surface area contributed by atoms with Gasteiger partial charge in [-0.15, -0.1) is 0 Å². The molecule has 24 heavy (non-hydrogen) atoms. The Labute approximate surface area is 149 Å². The van der Waals surface area contributed by atoms with Gasteiger partial charge in [0.25, 0.3) is 0 Å². The van der Waals surface area contributed by atoms with E-state index in [-0.39, 0.29) is 6.04 Å². The summed E-state index contributed by atoms with van der Waals surface area (Å²) in [5.74, 6) is 1.47. The number of ether oxygens (including phenoxy) is 2. The van der Waals surface area contributed by atoms with Crippen LogP contribution >= 0.6 is 0 Å². The van der Waals surface area contributed by atoms with Crippen molar-refractivity contribution in [2.24, 2.45) is 5.92 Å². The van der Waals surface area contributed by atoms with Crippen molar-refractivity contribution in [3.05, 3.63) is 29.8 Å². The van der Waals surface area contributed by atoms with Gasteiger partial charge in [-0.25, -0.2) is 0 Å². The first-order valence-electron chi connectivity index (χ1n) is 9.33. The zero-order valence-electron chi connectivity index (χ0n) is 16.5. The van der Waals surface area contributed by atoms with Gasteiger partial charge in [-0.1, -0.05) is 46.2 Å². The van der Waals surface area contributed by atoms with Gasteiger partial charge >= 0.3 is 0 Å². The van der Waals surface area contributed by atoms with E-state index < -0.39 is 0 Å². The normalized spacial score (nSPS) is 11.8. The highest BCUT2D eigenvalue weighted by molar-refractivity contribution is 5.30. The average Bonchev–Trinajstić information content (AvgIpc) is 2.57. The van der Waals surface area contributed by atoms with Gasteiger partial charge < -0.3 is 9.47 Å². The predicted octanol–water partition coefficient (Wildman–Crippen LogP) is 4.72. The molecule has 0 aromatic heterocycles. The molecule has 0 amide bonds. The summed E-state index contributed by atoms with van der Waals surface area (Å²) in [6, 6.07) is 8.50. The summed E-state index contributed by atoms with van der Waals surface area (Å²) in [6.45, 7) is 15.9. The quantitative estimate of drug-likeness (QED) is 0.452. The van der Waals surface area contributed by atoms with Crippen LogP contribution in [0.25, 0.3) is 0 Å². The molecule has 0 aliphatic heterocycles. The standard InChI is InChI=1S/C17H30N2O2.C3H8/c1-5-20-11-7-10-18-19-15(4)16-8-6-9-17(12-16)21-13-14(2)3;1-3-2/h6,8-9,12,14-15,18-19H,5,7,10-11,13H2,1-4H3;3H2,1-2H3. The molecule has 0 aliphatic rings. The van der Waals surface area contributed by atoms with Gasteiger partial charge in [-0.3, -0.25) is 10.9 Å². The Balaban J connectivity index is 0.00000163. The third-order valence-corrected chi connectivity index (χ3v) is 3.05. The third-order valence-electron chi connectivity index (χ3n) is 3.05. The van der Waals surface area contributed by atoms with Crippen molar-refractivity contribution in [2.45, 2.75) is 60.4 Å². The highest BCUT2D eigenvalue weighted by Crippen LogP contribution is 2.19. The number of benzene rings is 1.